The molecule has 27 heavy (non-hydrogen) atoms. The molecule has 3 aromatic rings. The van der Waals surface area contributed by atoms with Gasteiger partial charge in [0.25, 0.3) is 11.8 Å². The van der Waals surface area contributed by atoms with Crippen LogP contribution in [0.5, 0.6) is 0 Å². The van der Waals surface area contributed by atoms with Gasteiger partial charge >= 0.3 is 0 Å². The second-order valence-electron chi connectivity index (χ2n) is 5.85. The van der Waals surface area contributed by atoms with Crippen molar-refractivity contribution >= 4 is 35.2 Å². The molecule has 6 heteroatoms. The Kier molecular flexibility index (Phi) is 5.74. The minimum Gasteiger partial charge on any atom is -0.465 e. The zero-order chi connectivity index (χ0) is 19.2. The predicted molar refractivity (Wildman–Crippen MR) is 105 cm³/mol. The molecule has 0 fully saturated rings. The van der Waals surface area contributed by atoms with Gasteiger partial charge in [-0.15, -0.1) is 0 Å². The zero-order valence-electron chi connectivity index (χ0n) is 14.5. The smallest absolute Gasteiger partial charge is 0.272 e. The predicted octanol–water partition coefficient (Wildman–Crippen LogP) is 4.65. The number of halogens is 1. The molecule has 0 saturated carbocycles. The highest BCUT2D eigenvalue weighted by Gasteiger charge is 2.15. The van der Waals surface area contributed by atoms with E-state index in [0.717, 1.165) is 5.56 Å². The molecule has 3 rings (SSSR count). The Labute approximate surface area is 161 Å². The molecule has 2 N–H and O–H groups in total. The van der Waals surface area contributed by atoms with E-state index in [2.05, 4.69) is 10.6 Å². The van der Waals surface area contributed by atoms with Crippen LogP contribution in [0, 0.1) is 6.92 Å². The van der Waals surface area contributed by atoms with Crippen LogP contribution in [0.1, 0.15) is 21.7 Å². The van der Waals surface area contributed by atoms with E-state index in [1.54, 1.807) is 48.5 Å². The standard InChI is InChI=1S/C21H17ClN2O3/c1-14-4-10-17(11-5-14)23-21(26)19(13-18-3-2-12-27-18)24-20(25)15-6-8-16(22)9-7-15/h2-13H,1H3,(H,23,26)(H,24,25)/b19-13+. The summed E-state index contributed by atoms with van der Waals surface area (Å²) in [4.78, 5) is 25.2. The van der Waals surface area contributed by atoms with E-state index in [4.69, 9.17) is 16.0 Å². The lowest BCUT2D eigenvalue weighted by Gasteiger charge is -2.11. The molecule has 0 aliphatic heterocycles. The number of amides is 2. The number of hydrogen-bond donors (Lipinski definition) is 2. The van der Waals surface area contributed by atoms with Gasteiger partial charge in [-0.3, -0.25) is 9.59 Å². The summed E-state index contributed by atoms with van der Waals surface area (Å²) < 4.78 is 5.26. The molecular weight excluding hydrogens is 364 g/mol. The molecule has 0 radical (unpaired) electrons. The summed E-state index contributed by atoms with van der Waals surface area (Å²) in [6.07, 6.45) is 2.96. The number of carbonyl (C=O) groups excluding carboxylic acids is 2. The summed E-state index contributed by atoms with van der Waals surface area (Å²) >= 11 is 5.85. The van der Waals surface area contributed by atoms with Gasteiger partial charge in [0.15, 0.2) is 0 Å². The lowest BCUT2D eigenvalue weighted by atomic mass is 10.2. The van der Waals surface area contributed by atoms with Crippen molar-refractivity contribution in [3.8, 4) is 0 Å². The minimum atomic E-state index is -0.461. The molecule has 0 unspecified atom stereocenters. The van der Waals surface area contributed by atoms with E-state index < -0.39 is 11.8 Å². The van der Waals surface area contributed by atoms with Crippen LogP contribution in [-0.4, -0.2) is 11.8 Å². The molecule has 2 aromatic carbocycles. The van der Waals surface area contributed by atoms with Gasteiger partial charge in [0.05, 0.1) is 6.26 Å². The maximum atomic E-state index is 12.7. The molecule has 0 bridgehead atoms. The molecule has 5 nitrogen and oxygen atoms in total. The van der Waals surface area contributed by atoms with E-state index in [-0.39, 0.29) is 5.70 Å². The number of nitrogens with one attached hydrogen (secondary N) is 2. The topological polar surface area (TPSA) is 71.3 Å². The SMILES string of the molecule is Cc1ccc(NC(=O)/C(=C\c2ccco2)NC(=O)c2ccc(Cl)cc2)cc1. The van der Waals surface area contributed by atoms with Crippen LogP contribution in [0.4, 0.5) is 5.69 Å². The number of benzene rings is 2. The van der Waals surface area contributed by atoms with E-state index in [1.165, 1.54) is 12.3 Å². The number of anilines is 1. The largest absolute Gasteiger partial charge is 0.465 e. The van der Waals surface area contributed by atoms with Crippen molar-refractivity contribution in [2.75, 3.05) is 5.32 Å². The van der Waals surface area contributed by atoms with Gasteiger partial charge in [0, 0.05) is 22.3 Å². The fourth-order valence-electron chi connectivity index (χ4n) is 2.31. The Bertz CT molecular complexity index is 960. The van der Waals surface area contributed by atoms with Gasteiger partial charge in [0.2, 0.25) is 0 Å². The summed E-state index contributed by atoms with van der Waals surface area (Å²) in [7, 11) is 0. The summed E-state index contributed by atoms with van der Waals surface area (Å²) in [6, 6.07) is 17.1. The monoisotopic (exact) mass is 380 g/mol. The third-order valence-corrected chi connectivity index (χ3v) is 3.99. The fraction of sp³-hybridized carbons (Fsp3) is 0.0476. The first-order chi connectivity index (χ1) is 13.0. The maximum absolute atomic E-state index is 12.7. The number of rotatable bonds is 5. The number of carbonyl (C=O) groups is 2. The lowest BCUT2D eigenvalue weighted by Crippen LogP contribution is -2.30. The van der Waals surface area contributed by atoms with E-state index in [0.29, 0.717) is 22.0 Å². The minimum absolute atomic E-state index is 0.0606. The number of hydrogen-bond acceptors (Lipinski definition) is 3. The van der Waals surface area contributed by atoms with E-state index in [9.17, 15) is 9.59 Å². The fourth-order valence-corrected chi connectivity index (χ4v) is 2.43. The molecular formula is C21H17ClN2O3. The van der Waals surface area contributed by atoms with Crippen molar-refractivity contribution in [1.82, 2.24) is 5.32 Å². The highest BCUT2D eigenvalue weighted by atomic mass is 35.5. The first-order valence-electron chi connectivity index (χ1n) is 8.21. The molecule has 1 aromatic heterocycles. The van der Waals surface area contributed by atoms with Crippen LogP contribution in [-0.2, 0) is 4.79 Å². The summed E-state index contributed by atoms with van der Waals surface area (Å²) in [5.74, 6) is -0.443. The number of furan rings is 1. The van der Waals surface area contributed by atoms with Crippen LogP contribution in [0.3, 0.4) is 0 Å². The Morgan fingerprint density at radius 2 is 1.70 bits per heavy atom. The molecule has 2 amide bonds. The normalized spacial score (nSPS) is 11.1. The van der Waals surface area contributed by atoms with Gasteiger partial charge in [-0.25, -0.2) is 0 Å². The summed E-state index contributed by atoms with van der Waals surface area (Å²) in [5, 5.41) is 5.92. The van der Waals surface area contributed by atoms with Crippen LogP contribution in [0.25, 0.3) is 6.08 Å². The third kappa shape index (κ3) is 5.09. The van der Waals surface area contributed by atoms with E-state index >= 15 is 0 Å². The maximum Gasteiger partial charge on any atom is 0.272 e. The Balaban J connectivity index is 1.82. The summed E-state index contributed by atoms with van der Waals surface area (Å²) in [6.45, 7) is 1.96. The van der Waals surface area contributed by atoms with Gasteiger partial charge in [0.1, 0.15) is 11.5 Å². The Hall–Kier alpha value is -3.31. The average Bonchev–Trinajstić information content (AvgIpc) is 3.16. The van der Waals surface area contributed by atoms with Crippen molar-refractivity contribution in [2.24, 2.45) is 0 Å². The first kappa shape index (κ1) is 18.5. The van der Waals surface area contributed by atoms with Crippen molar-refractivity contribution in [2.45, 2.75) is 6.92 Å². The zero-order valence-corrected chi connectivity index (χ0v) is 15.3. The molecule has 1 heterocycles. The quantitative estimate of drug-likeness (QED) is 0.633. The summed E-state index contributed by atoms with van der Waals surface area (Å²) in [5.41, 5.74) is 2.14. The van der Waals surface area contributed by atoms with Gasteiger partial charge in [-0.1, -0.05) is 29.3 Å². The number of aryl methyl sites for hydroxylation is 1. The van der Waals surface area contributed by atoms with Crippen molar-refractivity contribution in [3.63, 3.8) is 0 Å². The van der Waals surface area contributed by atoms with Gasteiger partial charge in [-0.05, 0) is 55.5 Å². The average molecular weight is 381 g/mol. The van der Waals surface area contributed by atoms with Crippen LogP contribution >= 0.6 is 11.6 Å². The highest BCUT2D eigenvalue weighted by Crippen LogP contribution is 2.14. The highest BCUT2D eigenvalue weighted by molar-refractivity contribution is 6.30. The molecule has 136 valence electrons. The molecule has 0 aliphatic carbocycles. The van der Waals surface area contributed by atoms with Gasteiger partial charge < -0.3 is 15.1 Å². The third-order valence-electron chi connectivity index (χ3n) is 3.74. The molecule has 0 saturated heterocycles. The van der Waals surface area contributed by atoms with Crippen LogP contribution in [0.2, 0.25) is 5.02 Å². The lowest BCUT2D eigenvalue weighted by molar-refractivity contribution is -0.113. The van der Waals surface area contributed by atoms with Crippen molar-refractivity contribution in [3.05, 3.63) is 94.5 Å². The first-order valence-corrected chi connectivity index (χ1v) is 8.59. The molecule has 0 atom stereocenters. The van der Waals surface area contributed by atoms with E-state index in [1.807, 2.05) is 19.1 Å². The second-order valence-corrected chi connectivity index (χ2v) is 6.29. The van der Waals surface area contributed by atoms with Crippen LogP contribution in [0.15, 0.2) is 77.0 Å². The van der Waals surface area contributed by atoms with Crippen molar-refractivity contribution in [1.29, 1.82) is 0 Å². The molecule has 0 spiro atoms. The Morgan fingerprint density at radius 3 is 2.33 bits per heavy atom. The van der Waals surface area contributed by atoms with Crippen LogP contribution < -0.4 is 10.6 Å². The Morgan fingerprint density at radius 1 is 1.00 bits per heavy atom. The second kappa shape index (κ2) is 8.38. The van der Waals surface area contributed by atoms with Crippen molar-refractivity contribution < 1.29 is 14.0 Å². The van der Waals surface area contributed by atoms with Gasteiger partial charge in [-0.2, -0.15) is 0 Å². The molecule has 0 aliphatic rings.